The third-order valence-corrected chi connectivity index (χ3v) is 8.45. The van der Waals surface area contributed by atoms with Crippen molar-refractivity contribution in [2.24, 2.45) is 0 Å². The molecule has 0 spiro atoms. The Balaban J connectivity index is 1.22. The molecule has 41 heavy (non-hydrogen) atoms. The quantitative estimate of drug-likeness (QED) is 0.224. The van der Waals surface area contributed by atoms with Crippen molar-refractivity contribution in [3.8, 4) is 33.4 Å². The van der Waals surface area contributed by atoms with Gasteiger partial charge in [-0.1, -0.05) is 78.9 Å². The monoisotopic (exact) mass is 528 g/mol. The third-order valence-electron chi connectivity index (χ3n) is 8.45. The Kier molecular flexibility index (Phi) is 4.80. The molecule has 0 atom stereocenters. The summed E-state index contributed by atoms with van der Waals surface area (Å²) in [4.78, 5) is 0. The number of furan rings is 2. The van der Waals surface area contributed by atoms with Crippen LogP contribution in [0.1, 0.15) is 11.1 Å². The highest BCUT2D eigenvalue weighted by atomic mass is 16.5. The average molecular weight is 529 g/mol. The van der Waals surface area contributed by atoms with Crippen LogP contribution >= 0.6 is 0 Å². The number of hydrogen-bond acceptors (Lipinski definition) is 3. The van der Waals surface area contributed by atoms with Crippen LogP contribution in [0.25, 0.3) is 77.3 Å². The van der Waals surface area contributed by atoms with Gasteiger partial charge >= 0.3 is 0 Å². The first-order valence-electron chi connectivity index (χ1n) is 14.0. The van der Waals surface area contributed by atoms with Crippen LogP contribution in [0.4, 0.5) is 0 Å². The summed E-state index contributed by atoms with van der Waals surface area (Å²) in [6.07, 6.45) is 0. The predicted molar refractivity (Wildman–Crippen MR) is 166 cm³/mol. The van der Waals surface area contributed by atoms with Crippen LogP contribution < -0.4 is 0 Å². The molecule has 194 valence electrons. The summed E-state index contributed by atoms with van der Waals surface area (Å²) >= 11 is 0. The lowest BCUT2D eigenvalue weighted by Gasteiger charge is -2.14. The van der Waals surface area contributed by atoms with E-state index in [0.29, 0.717) is 13.2 Å². The number of ether oxygens (including phenoxy) is 1. The molecule has 0 saturated heterocycles. The van der Waals surface area contributed by atoms with Gasteiger partial charge in [0.15, 0.2) is 0 Å². The zero-order valence-corrected chi connectivity index (χ0v) is 22.2. The molecule has 0 N–H and O–H groups in total. The molecule has 1 aliphatic heterocycles. The van der Waals surface area contributed by atoms with Gasteiger partial charge < -0.3 is 13.6 Å². The van der Waals surface area contributed by atoms with E-state index in [2.05, 4.69) is 97.1 Å². The normalized spacial score (nSPS) is 13.1. The van der Waals surface area contributed by atoms with E-state index in [0.717, 1.165) is 43.9 Å². The Bertz CT molecular complexity index is 2300. The fourth-order valence-corrected chi connectivity index (χ4v) is 6.44. The highest BCUT2D eigenvalue weighted by Crippen LogP contribution is 2.41. The molecular formula is C38H24O3. The van der Waals surface area contributed by atoms with Gasteiger partial charge in [0, 0.05) is 21.5 Å². The molecule has 2 aromatic heterocycles. The Labute approximate surface area is 236 Å². The molecule has 0 bridgehead atoms. The van der Waals surface area contributed by atoms with Gasteiger partial charge in [0.05, 0.1) is 13.2 Å². The molecule has 0 unspecified atom stereocenters. The summed E-state index contributed by atoms with van der Waals surface area (Å²) in [6, 6.07) is 42.8. The predicted octanol–water partition coefficient (Wildman–Crippen LogP) is 10.5. The summed E-state index contributed by atoms with van der Waals surface area (Å²) in [5.41, 5.74) is 13.2. The van der Waals surface area contributed by atoms with Crippen LogP contribution in [-0.2, 0) is 18.0 Å². The molecule has 6 aromatic carbocycles. The lowest BCUT2D eigenvalue weighted by molar-refractivity contribution is 0.110. The van der Waals surface area contributed by atoms with Gasteiger partial charge in [-0.15, -0.1) is 0 Å². The zero-order valence-electron chi connectivity index (χ0n) is 22.2. The first-order chi connectivity index (χ1) is 20.3. The molecule has 1 aliphatic rings. The second-order valence-corrected chi connectivity index (χ2v) is 10.8. The van der Waals surface area contributed by atoms with Crippen molar-refractivity contribution >= 4 is 43.9 Å². The van der Waals surface area contributed by atoms with Crippen LogP contribution in [0, 0.1) is 0 Å². The van der Waals surface area contributed by atoms with Crippen molar-refractivity contribution in [1.29, 1.82) is 0 Å². The van der Waals surface area contributed by atoms with Crippen LogP contribution in [0.5, 0.6) is 0 Å². The minimum Gasteiger partial charge on any atom is -0.456 e. The molecule has 8 aromatic rings. The Hall–Kier alpha value is -5.12. The number of hydrogen-bond donors (Lipinski definition) is 0. The molecule has 0 fully saturated rings. The molecule has 3 heteroatoms. The maximum absolute atomic E-state index is 6.19. The highest BCUT2D eigenvalue weighted by Gasteiger charge is 2.19. The number of para-hydroxylation sites is 2. The van der Waals surface area contributed by atoms with E-state index >= 15 is 0 Å². The molecule has 0 aliphatic carbocycles. The standard InChI is InChI=1S/C38H24O3/c1-3-9-34-29(6-1)33-19-24(16-17-36(33)40-34)23-12-14-26-21-39-22-27-15-13-25(20-32(27)31(26)18-23)28-8-5-11-37-38(28)30-7-2-4-10-35(30)41-37/h1-20H,21-22H2. The second kappa shape index (κ2) is 8.69. The molecule has 0 amide bonds. The molecule has 3 nitrogen and oxygen atoms in total. The van der Waals surface area contributed by atoms with E-state index < -0.39 is 0 Å². The number of rotatable bonds is 2. The Morgan fingerprint density at radius 1 is 0.390 bits per heavy atom. The summed E-state index contributed by atoms with van der Waals surface area (Å²) in [7, 11) is 0. The summed E-state index contributed by atoms with van der Waals surface area (Å²) in [6.45, 7) is 1.18. The Morgan fingerprint density at radius 3 is 1.80 bits per heavy atom. The van der Waals surface area contributed by atoms with Gasteiger partial charge in [-0.3, -0.25) is 0 Å². The third kappa shape index (κ3) is 3.49. The van der Waals surface area contributed by atoms with Crippen molar-refractivity contribution in [3.63, 3.8) is 0 Å². The molecule has 0 radical (unpaired) electrons. The van der Waals surface area contributed by atoms with Gasteiger partial charge in [-0.2, -0.15) is 0 Å². The van der Waals surface area contributed by atoms with Gasteiger partial charge in [-0.25, -0.2) is 0 Å². The highest BCUT2D eigenvalue weighted by molar-refractivity contribution is 6.12. The summed E-state index contributed by atoms with van der Waals surface area (Å²) in [5, 5.41) is 4.58. The Morgan fingerprint density at radius 2 is 0.976 bits per heavy atom. The van der Waals surface area contributed by atoms with Crippen LogP contribution in [-0.4, -0.2) is 0 Å². The largest absolute Gasteiger partial charge is 0.456 e. The lowest BCUT2D eigenvalue weighted by atomic mass is 9.89. The maximum Gasteiger partial charge on any atom is 0.136 e. The SMILES string of the molecule is c1ccc2c(c1)oc1ccc(-c3ccc4c(c3)-c3cc(-c5cccc6oc7ccccc7c56)ccc3COC4)cc12. The lowest BCUT2D eigenvalue weighted by Crippen LogP contribution is -1.91. The topological polar surface area (TPSA) is 35.5 Å². The van der Waals surface area contributed by atoms with Crippen LogP contribution in [0.2, 0.25) is 0 Å². The van der Waals surface area contributed by atoms with E-state index in [4.69, 9.17) is 13.6 Å². The van der Waals surface area contributed by atoms with Gasteiger partial charge in [0.1, 0.15) is 22.3 Å². The molecule has 0 saturated carbocycles. The van der Waals surface area contributed by atoms with Crippen molar-refractivity contribution in [1.82, 2.24) is 0 Å². The van der Waals surface area contributed by atoms with E-state index in [-0.39, 0.29) is 0 Å². The minimum absolute atomic E-state index is 0.589. The van der Waals surface area contributed by atoms with Crippen molar-refractivity contribution < 1.29 is 13.6 Å². The zero-order chi connectivity index (χ0) is 26.9. The van der Waals surface area contributed by atoms with Crippen molar-refractivity contribution in [3.05, 3.63) is 132 Å². The smallest absolute Gasteiger partial charge is 0.136 e. The van der Waals surface area contributed by atoms with Crippen molar-refractivity contribution in [2.75, 3.05) is 0 Å². The summed E-state index contributed by atoms with van der Waals surface area (Å²) < 4.78 is 18.4. The van der Waals surface area contributed by atoms with Crippen LogP contribution in [0.15, 0.2) is 130 Å². The fourth-order valence-electron chi connectivity index (χ4n) is 6.44. The molecular weight excluding hydrogens is 504 g/mol. The van der Waals surface area contributed by atoms with Crippen molar-refractivity contribution in [2.45, 2.75) is 13.2 Å². The average Bonchev–Trinajstić information content (AvgIpc) is 3.53. The molecule has 3 heterocycles. The number of benzene rings is 6. The van der Waals surface area contributed by atoms with E-state index in [1.54, 1.807) is 0 Å². The number of fused-ring (bicyclic) bond motifs is 9. The molecule has 9 rings (SSSR count). The second-order valence-electron chi connectivity index (χ2n) is 10.8. The van der Waals surface area contributed by atoms with E-state index in [1.807, 2.05) is 24.3 Å². The maximum atomic E-state index is 6.19. The minimum atomic E-state index is 0.589. The van der Waals surface area contributed by atoms with Gasteiger partial charge in [0.2, 0.25) is 0 Å². The van der Waals surface area contributed by atoms with Gasteiger partial charge in [-0.05, 0) is 87.0 Å². The fraction of sp³-hybridized carbons (Fsp3) is 0.0526. The van der Waals surface area contributed by atoms with E-state index in [9.17, 15) is 0 Å². The van der Waals surface area contributed by atoms with E-state index in [1.165, 1.54) is 44.5 Å². The first kappa shape index (κ1) is 22.7. The summed E-state index contributed by atoms with van der Waals surface area (Å²) in [5.74, 6) is 0. The van der Waals surface area contributed by atoms with Crippen LogP contribution in [0.3, 0.4) is 0 Å². The first-order valence-corrected chi connectivity index (χ1v) is 14.0. The van der Waals surface area contributed by atoms with Gasteiger partial charge in [0.25, 0.3) is 0 Å².